The highest BCUT2D eigenvalue weighted by molar-refractivity contribution is 5.70. The summed E-state index contributed by atoms with van der Waals surface area (Å²) < 4.78 is 4.83. The van der Waals surface area contributed by atoms with Gasteiger partial charge in [-0.3, -0.25) is 4.79 Å². The lowest BCUT2D eigenvalue weighted by Crippen LogP contribution is -2.04. The molecule has 102 valence electrons. The molecule has 0 heterocycles. The normalized spacial score (nSPS) is 9.50. The first kappa shape index (κ1) is 16.6. The molecule has 0 saturated carbocycles. The minimum Gasteiger partial charge on any atom is -0.481 e. The number of aliphatic hydroxyl groups excluding tert-OH is 1. The molecule has 0 saturated heterocycles. The summed E-state index contributed by atoms with van der Waals surface area (Å²) in [5.74, 6) is -0.842. The second kappa shape index (κ2) is 10.7. The summed E-state index contributed by atoms with van der Waals surface area (Å²) >= 11 is 0. The number of aliphatic hydroxyl groups is 1. The molecule has 0 aliphatic carbocycles. The van der Waals surface area contributed by atoms with Gasteiger partial charge in [0.2, 0.25) is 0 Å². The lowest BCUT2D eigenvalue weighted by Gasteiger charge is -2.04. The molecule has 0 fully saturated rings. The van der Waals surface area contributed by atoms with E-state index in [1.165, 1.54) is 0 Å². The van der Waals surface area contributed by atoms with Gasteiger partial charge in [0.25, 0.3) is 0 Å². The third-order valence-electron chi connectivity index (χ3n) is 2.25. The Bertz CT molecular complexity index is 334. The van der Waals surface area contributed by atoms with Crippen molar-refractivity contribution in [2.24, 2.45) is 0 Å². The number of rotatable bonds is 6. The Balaban J connectivity index is 0.000000494. The fourth-order valence-electron chi connectivity index (χ4n) is 1.46. The molecule has 0 bridgehead atoms. The molecule has 4 nitrogen and oxygen atoms in total. The summed E-state index contributed by atoms with van der Waals surface area (Å²) in [7, 11) is 0. The van der Waals surface area contributed by atoms with Gasteiger partial charge in [0.1, 0.15) is 0 Å². The standard InChI is InChI=1S/C10H12O3.C4H10O/c11-6-5-8-3-1-2-4-9(8)7-10(12)13;1-3-5-4-2/h1-4,11H,5-7H2,(H,12,13);3-4H2,1-2H3. The van der Waals surface area contributed by atoms with Crippen LogP contribution in [0.2, 0.25) is 0 Å². The van der Waals surface area contributed by atoms with Crippen molar-refractivity contribution in [3.8, 4) is 0 Å². The smallest absolute Gasteiger partial charge is 0.307 e. The molecule has 18 heavy (non-hydrogen) atoms. The van der Waals surface area contributed by atoms with Crippen LogP contribution in [-0.4, -0.2) is 36.0 Å². The van der Waals surface area contributed by atoms with Gasteiger partial charge in [0.05, 0.1) is 6.42 Å². The second-order valence-corrected chi connectivity index (χ2v) is 3.59. The van der Waals surface area contributed by atoms with Gasteiger partial charge in [-0.05, 0) is 31.4 Å². The molecule has 1 aromatic rings. The van der Waals surface area contributed by atoms with Crippen molar-refractivity contribution in [2.75, 3.05) is 19.8 Å². The lowest BCUT2D eigenvalue weighted by molar-refractivity contribution is -0.136. The van der Waals surface area contributed by atoms with E-state index < -0.39 is 5.97 Å². The van der Waals surface area contributed by atoms with Crippen LogP contribution in [0, 0.1) is 0 Å². The minimum atomic E-state index is -0.842. The van der Waals surface area contributed by atoms with E-state index >= 15 is 0 Å². The van der Waals surface area contributed by atoms with Crippen LogP contribution >= 0.6 is 0 Å². The maximum absolute atomic E-state index is 10.5. The molecule has 0 unspecified atom stereocenters. The van der Waals surface area contributed by atoms with Crippen LogP contribution in [0.15, 0.2) is 24.3 Å². The van der Waals surface area contributed by atoms with E-state index in [9.17, 15) is 4.79 Å². The van der Waals surface area contributed by atoms with Gasteiger partial charge in [-0.25, -0.2) is 0 Å². The van der Waals surface area contributed by atoms with Gasteiger partial charge >= 0.3 is 5.97 Å². The number of hydrogen-bond acceptors (Lipinski definition) is 3. The van der Waals surface area contributed by atoms with E-state index in [0.29, 0.717) is 6.42 Å². The topological polar surface area (TPSA) is 66.8 Å². The number of carbonyl (C=O) groups is 1. The molecule has 0 spiro atoms. The Kier molecular flexibility index (Phi) is 9.91. The zero-order valence-corrected chi connectivity index (χ0v) is 11.1. The number of benzene rings is 1. The Morgan fingerprint density at radius 1 is 1.17 bits per heavy atom. The summed E-state index contributed by atoms with van der Waals surface area (Å²) in [4.78, 5) is 10.5. The monoisotopic (exact) mass is 254 g/mol. The number of aliphatic carboxylic acids is 1. The van der Waals surface area contributed by atoms with Crippen molar-refractivity contribution in [3.63, 3.8) is 0 Å². The zero-order valence-electron chi connectivity index (χ0n) is 11.1. The highest BCUT2D eigenvalue weighted by atomic mass is 16.5. The molecule has 4 heteroatoms. The molecule has 0 aliphatic rings. The van der Waals surface area contributed by atoms with Crippen molar-refractivity contribution in [3.05, 3.63) is 35.4 Å². The molecule has 2 N–H and O–H groups in total. The van der Waals surface area contributed by atoms with Crippen LogP contribution in [0.3, 0.4) is 0 Å². The van der Waals surface area contributed by atoms with Crippen molar-refractivity contribution >= 4 is 5.97 Å². The van der Waals surface area contributed by atoms with E-state index in [4.69, 9.17) is 14.9 Å². The Morgan fingerprint density at radius 2 is 1.72 bits per heavy atom. The highest BCUT2D eigenvalue weighted by Crippen LogP contribution is 2.09. The summed E-state index contributed by atoms with van der Waals surface area (Å²) in [6.07, 6.45) is 0.541. The maximum atomic E-state index is 10.5. The molecule has 0 radical (unpaired) electrons. The number of ether oxygens (including phenoxy) is 1. The van der Waals surface area contributed by atoms with Crippen LogP contribution in [-0.2, 0) is 22.4 Å². The van der Waals surface area contributed by atoms with E-state index in [1.54, 1.807) is 12.1 Å². The molecule has 1 rings (SSSR count). The second-order valence-electron chi connectivity index (χ2n) is 3.59. The molecule has 0 aromatic heterocycles. The average molecular weight is 254 g/mol. The van der Waals surface area contributed by atoms with Crippen molar-refractivity contribution < 1.29 is 19.7 Å². The molecule has 1 aromatic carbocycles. The van der Waals surface area contributed by atoms with E-state index in [2.05, 4.69) is 0 Å². The number of hydrogen-bond donors (Lipinski definition) is 2. The Morgan fingerprint density at radius 3 is 2.11 bits per heavy atom. The van der Waals surface area contributed by atoms with E-state index in [1.807, 2.05) is 26.0 Å². The van der Waals surface area contributed by atoms with Gasteiger partial charge in [-0.1, -0.05) is 24.3 Å². The van der Waals surface area contributed by atoms with Crippen LogP contribution < -0.4 is 0 Å². The molecule has 0 amide bonds. The van der Waals surface area contributed by atoms with Gasteiger partial charge in [-0.2, -0.15) is 0 Å². The SMILES string of the molecule is CCOCC.O=C(O)Cc1ccccc1CCO. The maximum Gasteiger partial charge on any atom is 0.307 e. The summed E-state index contributed by atoms with van der Waals surface area (Å²) in [6.45, 7) is 5.72. The molecule has 0 atom stereocenters. The van der Waals surface area contributed by atoms with Crippen LogP contribution in [0.4, 0.5) is 0 Å². The quantitative estimate of drug-likeness (QED) is 0.813. The first-order chi connectivity index (χ1) is 8.65. The predicted octanol–water partition coefficient (Wildman–Crippen LogP) is 1.89. The predicted molar refractivity (Wildman–Crippen MR) is 70.7 cm³/mol. The average Bonchev–Trinajstić information content (AvgIpc) is 2.33. The lowest BCUT2D eigenvalue weighted by atomic mass is 10.0. The first-order valence-electron chi connectivity index (χ1n) is 6.12. The van der Waals surface area contributed by atoms with Gasteiger partial charge in [-0.15, -0.1) is 0 Å². The number of carboxylic acid groups (broad SMARTS) is 1. The molecular formula is C14H22O4. The van der Waals surface area contributed by atoms with Crippen LogP contribution in [0.25, 0.3) is 0 Å². The van der Waals surface area contributed by atoms with Crippen molar-refractivity contribution in [2.45, 2.75) is 26.7 Å². The van der Waals surface area contributed by atoms with Gasteiger partial charge in [0, 0.05) is 19.8 Å². The van der Waals surface area contributed by atoms with Crippen molar-refractivity contribution in [1.82, 2.24) is 0 Å². The fraction of sp³-hybridized carbons (Fsp3) is 0.500. The van der Waals surface area contributed by atoms with Crippen molar-refractivity contribution in [1.29, 1.82) is 0 Å². The molecular weight excluding hydrogens is 232 g/mol. The summed E-state index contributed by atoms with van der Waals surface area (Å²) in [6, 6.07) is 7.27. The van der Waals surface area contributed by atoms with Gasteiger partial charge in [0.15, 0.2) is 0 Å². The third-order valence-corrected chi connectivity index (χ3v) is 2.25. The zero-order chi connectivity index (χ0) is 13.8. The van der Waals surface area contributed by atoms with Crippen LogP contribution in [0.5, 0.6) is 0 Å². The Hall–Kier alpha value is -1.39. The summed E-state index contributed by atoms with van der Waals surface area (Å²) in [5.41, 5.74) is 1.69. The highest BCUT2D eigenvalue weighted by Gasteiger charge is 2.04. The largest absolute Gasteiger partial charge is 0.481 e. The van der Waals surface area contributed by atoms with Gasteiger partial charge < -0.3 is 14.9 Å². The fourth-order valence-corrected chi connectivity index (χ4v) is 1.46. The van der Waals surface area contributed by atoms with E-state index in [-0.39, 0.29) is 13.0 Å². The summed E-state index contributed by atoms with van der Waals surface area (Å²) in [5, 5.41) is 17.3. The van der Waals surface area contributed by atoms with Crippen LogP contribution in [0.1, 0.15) is 25.0 Å². The third kappa shape index (κ3) is 7.81. The Labute approximate surface area is 108 Å². The minimum absolute atomic E-state index is 0.0240. The first-order valence-corrected chi connectivity index (χ1v) is 6.12. The molecule has 0 aliphatic heterocycles. The van der Waals surface area contributed by atoms with E-state index in [0.717, 1.165) is 24.3 Å². The number of carboxylic acids is 1.